The highest BCUT2D eigenvalue weighted by atomic mass is 16.6. The summed E-state index contributed by atoms with van der Waals surface area (Å²) in [5.41, 5.74) is 0.616. The molecule has 7 nitrogen and oxygen atoms in total. The molecular weight excluding hydrogens is 274 g/mol. The van der Waals surface area contributed by atoms with Crippen molar-refractivity contribution in [3.63, 3.8) is 0 Å². The molecule has 0 atom stereocenters. The molecular formula is C14H17N3O4. The van der Waals surface area contributed by atoms with E-state index in [-0.39, 0.29) is 5.76 Å². The van der Waals surface area contributed by atoms with Gasteiger partial charge in [0.05, 0.1) is 11.9 Å². The van der Waals surface area contributed by atoms with E-state index in [1.54, 1.807) is 44.6 Å². The summed E-state index contributed by atoms with van der Waals surface area (Å²) in [4.78, 5) is 26.3. The highest BCUT2D eigenvalue weighted by Crippen LogP contribution is 2.24. The molecule has 0 aromatic carbocycles. The Kier molecular flexibility index (Phi) is 3.84. The molecule has 0 aliphatic carbocycles. The molecule has 112 valence electrons. The standard InChI is InChI=1S/C14H17N3O4/c1-14(2,3)21-13(19)16-9-5-11(17(4)7-9)12-15-6-10(8-18)20-12/h5-8H,1-4H3,(H,16,19). The molecule has 0 aliphatic rings. The van der Waals surface area contributed by atoms with Gasteiger partial charge < -0.3 is 13.7 Å². The van der Waals surface area contributed by atoms with Gasteiger partial charge in [0.2, 0.25) is 5.89 Å². The fraction of sp³-hybridized carbons (Fsp3) is 0.357. The van der Waals surface area contributed by atoms with Crippen LogP contribution in [0.4, 0.5) is 10.5 Å². The van der Waals surface area contributed by atoms with Crippen LogP contribution in [0.2, 0.25) is 0 Å². The van der Waals surface area contributed by atoms with Gasteiger partial charge in [-0.1, -0.05) is 0 Å². The smallest absolute Gasteiger partial charge is 0.412 e. The SMILES string of the molecule is Cn1cc(NC(=O)OC(C)(C)C)cc1-c1ncc(C=O)o1. The topological polar surface area (TPSA) is 86.4 Å². The number of aryl methyl sites for hydroxylation is 1. The molecule has 2 aromatic rings. The van der Waals surface area contributed by atoms with Crippen molar-refractivity contribution in [2.45, 2.75) is 26.4 Å². The number of nitrogens with zero attached hydrogens (tertiary/aromatic N) is 2. The van der Waals surface area contributed by atoms with Crippen molar-refractivity contribution >= 4 is 18.1 Å². The summed E-state index contributed by atoms with van der Waals surface area (Å²) in [5, 5.41) is 2.63. The molecule has 0 saturated carbocycles. The molecule has 2 heterocycles. The summed E-state index contributed by atoms with van der Waals surface area (Å²) in [6, 6.07) is 1.68. The van der Waals surface area contributed by atoms with Gasteiger partial charge in [0.25, 0.3) is 0 Å². The first-order chi connectivity index (χ1) is 9.78. The molecule has 0 fully saturated rings. The second-order valence-corrected chi connectivity index (χ2v) is 5.54. The van der Waals surface area contributed by atoms with Gasteiger partial charge in [0, 0.05) is 13.2 Å². The van der Waals surface area contributed by atoms with Crippen molar-refractivity contribution < 1.29 is 18.7 Å². The lowest BCUT2D eigenvalue weighted by Gasteiger charge is -2.19. The number of aldehydes is 1. The lowest BCUT2D eigenvalue weighted by molar-refractivity contribution is 0.0636. The van der Waals surface area contributed by atoms with Gasteiger partial charge in [-0.15, -0.1) is 0 Å². The van der Waals surface area contributed by atoms with Crippen LogP contribution in [-0.4, -0.2) is 27.5 Å². The molecule has 0 radical (unpaired) electrons. The molecule has 0 spiro atoms. The Labute approximate surface area is 121 Å². The van der Waals surface area contributed by atoms with E-state index in [4.69, 9.17) is 9.15 Å². The first kappa shape index (κ1) is 14.8. The van der Waals surface area contributed by atoms with E-state index in [1.165, 1.54) is 6.20 Å². The number of nitrogens with one attached hydrogen (secondary N) is 1. The van der Waals surface area contributed by atoms with Crippen LogP contribution in [0.3, 0.4) is 0 Å². The highest BCUT2D eigenvalue weighted by molar-refractivity contribution is 5.85. The monoisotopic (exact) mass is 291 g/mol. The highest BCUT2D eigenvalue weighted by Gasteiger charge is 2.18. The molecule has 0 aliphatic heterocycles. The average Bonchev–Trinajstić information content (AvgIpc) is 2.93. The number of amides is 1. The van der Waals surface area contributed by atoms with Gasteiger partial charge >= 0.3 is 6.09 Å². The van der Waals surface area contributed by atoms with Gasteiger partial charge in [0.15, 0.2) is 12.0 Å². The van der Waals surface area contributed by atoms with E-state index in [9.17, 15) is 9.59 Å². The number of carbonyl (C=O) groups excluding carboxylic acids is 2. The lowest BCUT2D eigenvalue weighted by Crippen LogP contribution is -2.27. The van der Waals surface area contributed by atoms with Crippen molar-refractivity contribution in [2.24, 2.45) is 7.05 Å². The summed E-state index contributed by atoms with van der Waals surface area (Å²) >= 11 is 0. The number of carbonyl (C=O) groups is 2. The minimum absolute atomic E-state index is 0.146. The molecule has 0 bridgehead atoms. The number of aromatic nitrogens is 2. The number of rotatable bonds is 3. The van der Waals surface area contributed by atoms with Gasteiger partial charge in [-0.05, 0) is 26.8 Å². The summed E-state index contributed by atoms with van der Waals surface area (Å²) in [7, 11) is 1.78. The third-order valence-electron chi connectivity index (χ3n) is 2.51. The third kappa shape index (κ3) is 3.71. The normalized spacial score (nSPS) is 11.2. The summed E-state index contributed by atoms with van der Waals surface area (Å²) in [5.74, 6) is 0.449. The van der Waals surface area contributed by atoms with Crippen molar-refractivity contribution in [3.8, 4) is 11.6 Å². The first-order valence-corrected chi connectivity index (χ1v) is 6.36. The van der Waals surface area contributed by atoms with Gasteiger partial charge in [0.1, 0.15) is 11.3 Å². The van der Waals surface area contributed by atoms with Gasteiger partial charge in [-0.25, -0.2) is 9.78 Å². The largest absolute Gasteiger partial charge is 0.444 e. The second-order valence-electron chi connectivity index (χ2n) is 5.54. The van der Waals surface area contributed by atoms with Crippen molar-refractivity contribution in [1.82, 2.24) is 9.55 Å². The Balaban J connectivity index is 2.15. The first-order valence-electron chi connectivity index (χ1n) is 6.36. The Bertz CT molecular complexity index is 664. The van der Waals surface area contributed by atoms with Crippen molar-refractivity contribution in [1.29, 1.82) is 0 Å². The second kappa shape index (κ2) is 5.43. The maximum Gasteiger partial charge on any atom is 0.412 e. The Morgan fingerprint density at radius 3 is 2.76 bits per heavy atom. The molecule has 7 heteroatoms. The zero-order valence-electron chi connectivity index (χ0n) is 12.3. The van der Waals surface area contributed by atoms with E-state index in [2.05, 4.69) is 10.3 Å². The Hall–Kier alpha value is -2.57. The van der Waals surface area contributed by atoms with E-state index in [0.717, 1.165) is 0 Å². The fourth-order valence-corrected chi connectivity index (χ4v) is 1.73. The van der Waals surface area contributed by atoms with Crippen molar-refractivity contribution in [2.75, 3.05) is 5.32 Å². The van der Waals surface area contributed by atoms with Gasteiger partial charge in [-0.2, -0.15) is 0 Å². The minimum Gasteiger partial charge on any atom is -0.444 e. The van der Waals surface area contributed by atoms with Gasteiger partial charge in [-0.3, -0.25) is 10.1 Å². The lowest BCUT2D eigenvalue weighted by atomic mass is 10.2. The van der Waals surface area contributed by atoms with Crippen LogP contribution in [-0.2, 0) is 11.8 Å². The maximum absolute atomic E-state index is 11.7. The molecule has 0 unspecified atom stereocenters. The van der Waals surface area contributed by atoms with Crippen LogP contribution in [0, 0.1) is 0 Å². The van der Waals surface area contributed by atoms with Crippen LogP contribution in [0.25, 0.3) is 11.6 Å². The number of hydrogen-bond donors (Lipinski definition) is 1. The van der Waals surface area contributed by atoms with Crippen LogP contribution in [0.1, 0.15) is 31.3 Å². The summed E-state index contributed by atoms with van der Waals surface area (Å²) in [6.07, 6.45) is 3.08. The Morgan fingerprint density at radius 1 is 1.48 bits per heavy atom. The molecule has 2 aromatic heterocycles. The van der Waals surface area contributed by atoms with Crippen molar-refractivity contribution in [3.05, 3.63) is 24.2 Å². The van der Waals surface area contributed by atoms with Crippen LogP contribution < -0.4 is 5.32 Å². The number of ether oxygens (including phenoxy) is 1. The molecule has 1 N–H and O–H groups in total. The minimum atomic E-state index is -0.566. The quantitative estimate of drug-likeness (QED) is 0.879. The van der Waals surface area contributed by atoms with Crippen LogP contribution in [0.15, 0.2) is 22.9 Å². The Morgan fingerprint density at radius 2 is 2.19 bits per heavy atom. The fourth-order valence-electron chi connectivity index (χ4n) is 1.73. The molecule has 21 heavy (non-hydrogen) atoms. The molecule has 2 rings (SSSR count). The van der Waals surface area contributed by atoms with E-state index >= 15 is 0 Å². The number of anilines is 1. The summed E-state index contributed by atoms with van der Waals surface area (Å²) in [6.45, 7) is 5.37. The number of oxazole rings is 1. The molecule has 0 saturated heterocycles. The van der Waals surface area contributed by atoms with E-state index < -0.39 is 11.7 Å². The summed E-state index contributed by atoms with van der Waals surface area (Å²) < 4.78 is 12.2. The van der Waals surface area contributed by atoms with Crippen LogP contribution >= 0.6 is 0 Å². The zero-order valence-corrected chi connectivity index (χ0v) is 12.3. The third-order valence-corrected chi connectivity index (χ3v) is 2.51. The maximum atomic E-state index is 11.7. The zero-order chi connectivity index (χ0) is 15.6. The van der Waals surface area contributed by atoms with E-state index in [0.29, 0.717) is 23.6 Å². The number of hydrogen-bond acceptors (Lipinski definition) is 5. The molecule has 1 amide bonds. The van der Waals surface area contributed by atoms with Crippen LogP contribution in [0.5, 0.6) is 0 Å². The predicted octanol–water partition coefficient (Wildman–Crippen LogP) is 2.84. The average molecular weight is 291 g/mol. The van der Waals surface area contributed by atoms with E-state index in [1.807, 2.05) is 0 Å². The predicted molar refractivity (Wildman–Crippen MR) is 76.2 cm³/mol.